The van der Waals surface area contributed by atoms with E-state index in [1.54, 1.807) is 12.3 Å². The van der Waals surface area contributed by atoms with Crippen LogP contribution in [0.1, 0.15) is 19.4 Å². The van der Waals surface area contributed by atoms with E-state index in [1.165, 1.54) is 17.6 Å². The lowest BCUT2D eigenvalue weighted by Gasteiger charge is -2.45. The van der Waals surface area contributed by atoms with E-state index in [4.69, 9.17) is 21.6 Å². The SMILES string of the molecule is C=CC(=O)N1C[C@H](C)N(c2nc(N3CC(N(C)C)C3)nc3c(F)c(-c4c(C)ccc5sncc45)c(Cl)cc23)C[C@H]1C. The molecule has 0 radical (unpaired) electrons. The Hall–Kier alpha value is -3.34. The molecule has 2 aliphatic heterocycles. The fourth-order valence-corrected chi connectivity index (χ4v) is 6.87. The molecule has 2 saturated heterocycles. The molecule has 2 fully saturated rings. The number of nitrogens with zero attached hydrogens (tertiary/aromatic N) is 7. The van der Waals surface area contributed by atoms with Crippen molar-refractivity contribution in [2.24, 2.45) is 0 Å². The Morgan fingerprint density at radius 3 is 2.59 bits per heavy atom. The molecule has 0 bridgehead atoms. The van der Waals surface area contributed by atoms with E-state index in [9.17, 15) is 4.79 Å². The summed E-state index contributed by atoms with van der Waals surface area (Å²) < 4.78 is 22.1. The maximum Gasteiger partial charge on any atom is 0.246 e. The minimum Gasteiger partial charge on any atom is -0.349 e. The molecule has 0 spiro atoms. The molecule has 11 heteroatoms. The van der Waals surface area contributed by atoms with Crippen molar-refractivity contribution in [1.82, 2.24) is 24.1 Å². The lowest BCUT2D eigenvalue weighted by atomic mass is 9.95. The van der Waals surface area contributed by atoms with Crippen molar-refractivity contribution >= 4 is 61.8 Å². The Balaban J connectivity index is 1.54. The van der Waals surface area contributed by atoms with Gasteiger partial charge >= 0.3 is 0 Å². The van der Waals surface area contributed by atoms with E-state index in [1.807, 2.05) is 30.9 Å². The van der Waals surface area contributed by atoms with Crippen molar-refractivity contribution in [3.63, 3.8) is 0 Å². The number of anilines is 2. The van der Waals surface area contributed by atoms with Crippen molar-refractivity contribution < 1.29 is 9.18 Å². The number of rotatable bonds is 5. The molecule has 0 saturated carbocycles. The number of aryl methyl sites for hydroxylation is 1. The molecule has 4 heterocycles. The van der Waals surface area contributed by atoms with Crippen LogP contribution in [0.3, 0.4) is 0 Å². The Bertz CT molecular complexity index is 1680. The second-order valence-corrected chi connectivity index (χ2v) is 12.6. The van der Waals surface area contributed by atoms with Gasteiger partial charge < -0.3 is 19.6 Å². The summed E-state index contributed by atoms with van der Waals surface area (Å²) in [5.41, 5.74) is 2.21. The van der Waals surface area contributed by atoms with Gasteiger partial charge in [-0.2, -0.15) is 9.36 Å². The van der Waals surface area contributed by atoms with Crippen LogP contribution in [-0.2, 0) is 4.79 Å². The second-order valence-electron chi connectivity index (χ2n) is 11.4. The minimum atomic E-state index is -0.468. The van der Waals surface area contributed by atoms with Gasteiger partial charge in [-0.15, -0.1) is 0 Å². The maximum atomic E-state index is 16.8. The highest BCUT2D eigenvalue weighted by molar-refractivity contribution is 7.13. The molecule has 0 unspecified atom stereocenters. The summed E-state index contributed by atoms with van der Waals surface area (Å²) in [5.74, 6) is 0.556. The first-order chi connectivity index (χ1) is 19.6. The Labute approximate surface area is 248 Å². The zero-order chi connectivity index (χ0) is 29.2. The minimum absolute atomic E-state index is 0.0682. The van der Waals surface area contributed by atoms with Gasteiger partial charge in [-0.05, 0) is 75.7 Å². The van der Waals surface area contributed by atoms with Crippen LogP contribution in [0.4, 0.5) is 16.2 Å². The fourth-order valence-electron chi connectivity index (χ4n) is 5.93. The number of carbonyl (C=O) groups is 1. The third kappa shape index (κ3) is 4.62. The number of aromatic nitrogens is 3. The number of carbonyl (C=O) groups excluding carboxylic acids is 1. The summed E-state index contributed by atoms with van der Waals surface area (Å²) in [6.45, 7) is 12.2. The standard InChI is InChI=1S/C30H33ClFN7OS/c1-7-24(40)38-12-18(4)39(13-17(38)3)29-20-10-22(31)26(25-16(2)8-9-23-21(25)11-33-41-23)27(32)28(20)34-30(35-29)37-14-19(15-37)36(5)6/h7-11,17-19H,1,12-15H2,2-6H3/t17-,18+/m1/s1. The molecular formula is C30H33ClFN7OS. The number of piperazine rings is 1. The van der Waals surface area contributed by atoms with E-state index in [0.29, 0.717) is 46.9 Å². The second kappa shape index (κ2) is 10.5. The van der Waals surface area contributed by atoms with Gasteiger partial charge in [0.1, 0.15) is 11.3 Å². The summed E-state index contributed by atoms with van der Waals surface area (Å²) in [6.07, 6.45) is 3.12. The Kier molecular flexibility index (Phi) is 7.12. The van der Waals surface area contributed by atoms with E-state index in [2.05, 4.69) is 46.7 Å². The van der Waals surface area contributed by atoms with Gasteiger partial charge in [0, 0.05) is 66.8 Å². The Morgan fingerprint density at radius 2 is 1.88 bits per heavy atom. The number of likely N-dealkylation sites (N-methyl/N-ethyl adjacent to an activating group) is 1. The quantitative estimate of drug-likeness (QED) is 0.288. The van der Waals surface area contributed by atoms with Crippen LogP contribution in [0.5, 0.6) is 0 Å². The van der Waals surface area contributed by atoms with E-state index in [-0.39, 0.29) is 23.5 Å². The lowest BCUT2D eigenvalue weighted by Crippen LogP contribution is -2.59. The van der Waals surface area contributed by atoms with Crippen LogP contribution >= 0.6 is 23.1 Å². The van der Waals surface area contributed by atoms with Gasteiger partial charge in [0.25, 0.3) is 0 Å². The number of amides is 1. The predicted octanol–water partition coefficient (Wildman–Crippen LogP) is 5.37. The predicted molar refractivity (Wildman–Crippen MR) is 166 cm³/mol. The number of fused-ring (bicyclic) bond motifs is 2. The van der Waals surface area contributed by atoms with Gasteiger partial charge in [-0.3, -0.25) is 4.79 Å². The highest BCUT2D eigenvalue weighted by atomic mass is 35.5. The number of hydrogen-bond donors (Lipinski definition) is 0. The van der Waals surface area contributed by atoms with Crippen molar-refractivity contribution in [1.29, 1.82) is 0 Å². The molecule has 8 nitrogen and oxygen atoms in total. The van der Waals surface area contributed by atoms with Crippen LogP contribution < -0.4 is 9.80 Å². The highest BCUT2D eigenvalue weighted by Crippen LogP contribution is 2.43. The molecule has 0 N–H and O–H groups in total. The topological polar surface area (TPSA) is 68.7 Å². The first-order valence-corrected chi connectivity index (χ1v) is 14.9. The average Bonchev–Trinajstić information content (AvgIpc) is 3.38. The summed E-state index contributed by atoms with van der Waals surface area (Å²) in [5, 5.41) is 1.72. The van der Waals surface area contributed by atoms with Crippen LogP contribution in [0, 0.1) is 12.7 Å². The summed E-state index contributed by atoms with van der Waals surface area (Å²) in [4.78, 5) is 30.6. The number of benzene rings is 2. The third-order valence-corrected chi connectivity index (χ3v) is 9.50. The third-order valence-electron chi connectivity index (χ3n) is 8.44. The largest absolute Gasteiger partial charge is 0.349 e. The molecule has 0 aliphatic carbocycles. The van der Waals surface area contributed by atoms with Crippen LogP contribution in [0.25, 0.3) is 32.1 Å². The zero-order valence-electron chi connectivity index (χ0n) is 23.9. The smallest absolute Gasteiger partial charge is 0.246 e. The first-order valence-electron chi connectivity index (χ1n) is 13.7. The molecule has 6 rings (SSSR count). The normalized spacial score (nSPS) is 19.9. The molecule has 2 aromatic carbocycles. The van der Waals surface area contributed by atoms with Crippen molar-refractivity contribution in [3.8, 4) is 11.1 Å². The van der Waals surface area contributed by atoms with E-state index >= 15 is 4.39 Å². The van der Waals surface area contributed by atoms with Gasteiger partial charge in [0.15, 0.2) is 5.82 Å². The van der Waals surface area contributed by atoms with Crippen molar-refractivity contribution in [2.75, 3.05) is 50.1 Å². The zero-order valence-corrected chi connectivity index (χ0v) is 25.4. The van der Waals surface area contributed by atoms with Crippen LogP contribution in [0.15, 0.2) is 37.1 Å². The molecule has 1 amide bonds. The molecule has 2 aliphatic rings. The van der Waals surface area contributed by atoms with Crippen molar-refractivity contribution in [3.05, 3.63) is 53.5 Å². The number of hydrogen-bond acceptors (Lipinski definition) is 8. The van der Waals surface area contributed by atoms with Gasteiger partial charge in [0.2, 0.25) is 11.9 Å². The maximum absolute atomic E-state index is 16.8. The number of halogens is 2. The molecule has 2 aromatic heterocycles. The van der Waals surface area contributed by atoms with E-state index in [0.717, 1.165) is 34.3 Å². The van der Waals surface area contributed by atoms with Gasteiger partial charge in [-0.25, -0.2) is 9.37 Å². The van der Waals surface area contributed by atoms with Gasteiger partial charge in [-0.1, -0.05) is 24.2 Å². The van der Waals surface area contributed by atoms with Crippen LogP contribution in [0.2, 0.25) is 5.02 Å². The summed E-state index contributed by atoms with van der Waals surface area (Å²) >= 11 is 8.30. The van der Waals surface area contributed by atoms with E-state index < -0.39 is 5.82 Å². The Morgan fingerprint density at radius 1 is 1.12 bits per heavy atom. The summed E-state index contributed by atoms with van der Waals surface area (Å²) in [7, 11) is 4.11. The summed E-state index contributed by atoms with van der Waals surface area (Å²) in [6, 6.07) is 5.99. The monoisotopic (exact) mass is 593 g/mol. The molecule has 41 heavy (non-hydrogen) atoms. The molecular weight excluding hydrogens is 561 g/mol. The average molecular weight is 594 g/mol. The van der Waals surface area contributed by atoms with Crippen LogP contribution in [-0.4, -0.2) is 88.4 Å². The van der Waals surface area contributed by atoms with Gasteiger partial charge in [0.05, 0.1) is 9.72 Å². The van der Waals surface area contributed by atoms with Crippen molar-refractivity contribution in [2.45, 2.75) is 38.9 Å². The molecule has 4 aromatic rings. The highest BCUT2D eigenvalue weighted by Gasteiger charge is 2.36. The first kappa shape index (κ1) is 27.8. The molecule has 214 valence electrons. The fraction of sp³-hybridized carbons (Fsp3) is 0.400. The molecule has 2 atom stereocenters. The lowest BCUT2D eigenvalue weighted by molar-refractivity contribution is -0.128.